The van der Waals surface area contributed by atoms with E-state index in [1.54, 1.807) is 0 Å². The Morgan fingerprint density at radius 2 is 1.13 bits per heavy atom. The van der Waals surface area contributed by atoms with Gasteiger partial charge in [0.1, 0.15) is 0 Å². The SMILES string of the molecule is CCCCCCCCCC(C=CC(=O)O)CCCCCCCC. The highest BCUT2D eigenvalue weighted by molar-refractivity contribution is 5.79. The third kappa shape index (κ3) is 17.4. The molecule has 136 valence electrons. The monoisotopic (exact) mass is 324 g/mol. The Labute approximate surface area is 144 Å². The maximum atomic E-state index is 10.7. The van der Waals surface area contributed by atoms with Gasteiger partial charge in [0.05, 0.1) is 0 Å². The summed E-state index contributed by atoms with van der Waals surface area (Å²) in [5.41, 5.74) is 0. The van der Waals surface area contributed by atoms with Crippen molar-refractivity contribution in [3.05, 3.63) is 12.2 Å². The predicted octanol–water partition coefficient (Wildman–Crippen LogP) is 7.13. The van der Waals surface area contributed by atoms with Crippen molar-refractivity contribution in [2.75, 3.05) is 0 Å². The highest BCUT2D eigenvalue weighted by Crippen LogP contribution is 2.20. The quantitative estimate of drug-likeness (QED) is 0.228. The third-order valence-corrected chi connectivity index (χ3v) is 4.62. The largest absolute Gasteiger partial charge is 0.478 e. The lowest BCUT2D eigenvalue weighted by molar-refractivity contribution is -0.131. The van der Waals surface area contributed by atoms with E-state index < -0.39 is 5.97 Å². The highest BCUT2D eigenvalue weighted by atomic mass is 16.4. The fourth-order valence-corrected chi connectivity index (χ4v) is 3.11. The van der Waals surface area contributed by atoms with E-state index in [0.717, 1.165) is 12.8 Å². The maximum absolute atomic E-state index is 10.7. The van der Waals surface area contributed by atoms with Crippen LogP contribution in [-0.2, 0) is 4.79 Å². The van der Waals surface area contributed by atoms with Crippen molar-refractivity contribution >= 4 is 5.97 Å². The Bertz CT molecular complexity index is 284. The van der Waals surface area contributed by atoms with Gasteiger partial charge in [-0.25, -0.2) is 4.79 Å². The van der Waals surface area contributed by atoms with Crippen molar-refractivity contribution in [3.63, 3.8) is 0 Å². The van der Waals surface area contributed by atoms with Gasteiger partial charge < -0.3 is 5.11 Å². The summed E-state index contributed by atoms with van der Waals surface area (Å²) in [6.07, 6.45) is 22.8. The Balaban J connectivity index is 3.80. The zero-order valence-electron chi connectivity index (χ0n) is 15.7. The van der Waals surface area contributed by atoms with E-state index in [-0.39, 0.29) is 0 Å². The van der Waals surface area contributed by atoms with Crippen molar-refractivity contribution in [2.45, 2.75) is 110 Å². The zero-order chi connectivity index (χ0) is 17.2. The highest BCUT2D eigenvalue weighted by Gasteiger charge is 2.06. The summed E-state index contributed by atoms with van der Waals surface area (Å²) in [5, 5.41) is 8.84. The summed E-state index contributed by atoms with van der Waals surface area (Å²) in [6.45, 7) is 4.50. The van der Waals surface area contributed by atoms with Gasteiger partial charge >= 0.3 is 5.97 Å². The normalized spacial score (nSPS) is 12.8. The lowest BCUT2D eigenvalue weighted by atomic mass is 9.93. The van der Waals surface area contributed by atoms with Crippen molar-refractivity contribution in [2.24, 2.45) is 5.92 Å². The minimum absolute atomic E-state index is 0.466. The summed E-state index contributed by atoms with van der Waals surface area (Å²) >= 11 is 0. The molecule has 0 radical (unpaired) electrons. The molecule has 0 spiro atoms. The first-order chi connectivity index (χ1) is 11.2. The molecule has 0 aliphatic rings. The van der Waals surface area contributed by atoms with E-state index in [0.29, 0.717) is 5.92 Å². The first-order valence-corrected chi connectivity index (χ1v) is 10.1. The molecule has 2 heteroatoms. The minimum atomic E-state index is -0.808. The fourth-order valence-electron chi connectivity index (χ4n) is 3.11. The fraction of sp³-hybridized carbons (Fsp3) is 0.857. The standard InChI is InChI=1S/C21H40O2/c1-3-5-7-9-11-13-15-17-20(18-19-21(22)23)16-14-12-10-8-6-4-2/h18-20H,3-17H2,1-2H3,(H,22,23). The molecule has 0 aromatic heterocycles. The molecule has 23 heavy (non-hydrogen) atoms. The summed E-state index contributed by atoms with van der Waals surface area (Å²) in [6, 6.07) is 0. The van der Waals surface area contributed by atoms with Crippen molar-refractivity contribution in [1.82, 2.24) is 0 Å². The lowest BCUT2D eigenvalue weighted by Crippen LogP contribution is -1.99. The molecule has 0 rings (SSSR count). The van der Waals surface area contributed by atoms with Gasteiger partial charge in [-0.2, -0.15) is 0 Å². The third-order valence-electron chi connectivity index (χ3n) is 4.62. The molecule has 0 fully saturated rings. The number of aliphatic carboxylic acids is 1. The Morgan fingerprint density at radius 1 is 0.739 bits per heavy atom. The summed E-state index contributed by atoms with van der Waals surface area (Å²) in [5.74, 6) is -0.342. The number of rotatable bonds is 17. The van der Waals surface area contributed by atoms with Gasteiger partial charge in [-0.15, -0.1) is 0 Å². The van der Waals surface area contributed by atoms with Crippen molar-refractivity contribution in [1.29, 1.82) is 0 Å². The van der Waals surface area contributed by atoms with Crippen LogP contribution in [0.4, 0.5) is 0 Å². The summed E-state index contributed by atoms with van der Waals surface area (Å²) in [4.78, 5) is 10.7. The van der Waals surface area contributed by atoms with Gasteiger partial charge in [0.15, 0.2) is 0 Å². The van der Waals surface area contributed by atoms with E-state index in [9.17, 15) is 4.79 Å². The van der Waals surface area contributed by atoms with Gasteiger partial charge in [-0.3, -0.25) is 0 Å². The summed E-state index contributed by atoms with van der Waals surface area (Å²) < 4.78 is 0. The molecule has 0 aliphatic heterocycles. The van der Waals surface area contributed by atoms with Crippen LogP contribution < -0.4 is 0 Å². The van der Waals surface area contributed by atoms with Crippen molar-refractivity contribution in [3.8, 4) is 0 Å². The van der Waals surface area contributed by atoms with E-state index in [4.69, 9.17) is 5.11 Å². The summed E-state index contributed by atoms with van der Waals surface area (Å²) in [7, 11) is 0. The average Bonchev–Trinajstić information content (AvgIpc) is 2.53. The molecule has 0 amide bonds. The zero-order valence-corrected chi connectivity index (χ0v) is 15.7. The first kappa shape index (κ1) is 22.2. The Kier molecular flexibility index (Phi) is 17.0. The Hall–Kier alpha value is -0.790. The van der Waals surface area contributed by atoms with E-state index in [1.807, 2.05) is 6.08 Å². The smallest absolute Gasteiger partial charge is 0.327 e. The molecule has 2 nitrogen and oxygen atoms in total. The van der Waals surface area contributed by atoms with Crippen LogP contribution in [0.1, 0.15) is 110 Å². The number of carboxylic acids is 1. The van der Waals surface area contributed by atoms with Crippen LogP contribution in [0.25, 0.3) is 0 Å². The number of carbonyl (C=O) groups is 1. The first-order valence-electron chi connectivity index (χ1n) is 10.1. The average molecular weight is 325 g/mol. The number of allylic oxidation sites excluding steroid dienone is 1. The number of hydrogen-bond acceptors (Lipinski definition) is 1. The van der Waals surface area contributed by atoms with Crippen LogP contribution in [0.3, 0.4) is 0 Å². The topological polar surface area (TPSA) is 37.3 Å². The van der Waals surface area contributed by atoms with Gasteiger partial charge in [0, 0.05) is 6.08 Å². The minimum Gasteiger partial charge on any atom is -0.478 e. The molecule has 0 saturated carbocycles. The van der Waals surface area contributed by atoms with Crippen LogP contribution >= 0.6 is 0 Å². The number of carboxylic acid groups (broad SMARTS) is 1. The molecule has 1 unspecified atom stereocenters. The van der Waals surface area contributed by atoms with Crippen LogP contribution in [0, 0.1) is 5.92 Å². The molecule has 0 aliphatic carbocycles. The predicted molar refractivity (Wildman–Crippen MR) is 101 cm³/mol. The second kappa shape index (κ2) is 17.6. The molecule has 0 saturated heterocycles. The number of unbranched alkanes of at least 4 members (excludes halogenated alkanes) is 11. The van der Waals surface area contributed by atoms with Crippen molar-refractivity contribution < 1.29 is 9.90 Å². The maximum Gasteiger partial charge on any atom is 0.327 e. The number of hydrogen-bond donors (Lipinski definition) is 1. The molecule has 0 bridgehead atoms. The van der Waals surface area contributed by atoms with E-state index in [1.165, 1.54) is 89.5 Å². The molecule has 1 N–H and O–H groups in total. The molecule has 0 aromatic carbocycles. The van der Waals surface area contributed by atoms with Gasteiger partial charge in [0.2, 0.25) is 0 Å². The van der Waals surface area contributed by atoms with Gasteiger partial charge in [-0.1, -0.05) is 103 Å². The second-order valence-corrected chi connectivity index (χ2v) is 6.92. The van der Waals surface area contributed by atoms with Gasteiger partial charge in [0.25, 0.3) is 0 Å². The van der Waals surface area contributed by atoms with Crippen LogP contribution in [0.5, 0.6) is 0 Å². The van der Waals surface area contributed by atoms with Gasteiger partial charge in [-0.05, 0) is 18.8 Å². The van der Waals surface area contributed by atoms with E-state index in [2.05, 4.69) is 13.8 Å². The molecule has 0 aromatic rings. The molecule has 1 atom stereocenters. The van der Waals surface area contributed by atoms with Crippen LogP contribution in [0.15, 0.2) is 12.2 Å². The van der Waals surface area contributed by atoms with Crippen LogP contribution in [-0.4, -0.2) is 11.1 Å². The molecule has 0 heterocycles. The second-order valence-electron chi connectivity index (χ2n) is 6.92. The molecular weight excluding hydrogens is 284 g/mol. The van der Waals surface area contributed by atoms with Crippen LogP contribution in [0.2, 0.25) is 0 Å². The van der Waals surface area contributed by atoms with E-state index >= 15 is 0 Å². The Morgan fingerprint density at radius 3 is 1.52 bits per heavy atom. The lowest BCUT2D eigenvalue weighted by Gasteiger charge is -2.12. The molecular formula is C21H40O2.